The van der Waals surface area contributed by atoms with Crippen molar-refractivity contribution in [2.24, 2.45) is 5.92 Å². The molecule has 0 bridgehead atoms. The second-order valence-corrected chi connectivity index (χ2v) is 8.05. The van der Waals surface area contributed by atoms with Crippen LogP contribution in [0.25, 0.3) is 0 Å². The molecule has 0 saturated heterocycles. The van der Waals surface area contributed by atoms with Gasteiger partial charge in [-0.15, -0.1) is 11.3 Å². The molecule has 1 heterocycles. The Kier molecular flexibility index (Phi) is 6.04. The van der Waals surface area contributed by atoms with Gasteiger partial charge in [-0.05, 0) is 44.1 Å². The van der Waals surface area contributed by atoms with E-state index in [1.54, 1.807) is 0 Å². The molecule has 0 spiro atoms. The molecule has 0 radical (unpaired) electrons. The van der Waals surface area contributed by atoms with Crippen LogP contribution >= 0.6 is 11.3 Å². The summed E-state index contributed by atoms with van der Waals surface area (Å²) < 4.78 is 0. The van der Waals surface area contributed by atoms with E-state index in [-0.39, 0.29) is 18.4 Å². The SMILES string of the molecule is Cc1nc(CC2CC2)sc1C(=O)NC(CCC(=O)O)Cc1ccccc1. The summed E-state index contributed by atoms with van der Waals surface area (Å²) in [5.74, 6) is -0.260. The van der Waals surface area contributed by atoms with Crippen LogP contribution in [-0.4, -0.2) is 28.0 Å². The van der Waals surface area contributed by atoms with Crippen molar-refractivity contribution in [3.63, 3.8) is 0 Å². The summed E-state index contributed by atoms with van der Waals surface area (Å²) in [4.78, 5) is 28.9. The molecule has 1 unspecified atom stereocenters. The number of aliphatic carboxylic acids is 1. The van der Waals surface area contributed by atoms with Crippen molar-refractivity contribution in [1.82, 2.24) is 10.3 Å². The zero-order valence-electron chi connectivity index (χ0n) is 14.9. The first-order valence-corrected chi connectivity index (χ1v) is 9.86. The normalized spacial score (nSPS) is 14.8. The Morgan fingerprint density at radius 1 is 1.31 bits per heavy atom. The number of hydrogen-bond donors (Lipinski definition) is 2. The number of carbonyl (C=O) groups excluding carboxylic acids is 1. The lowest BCUT2D eigenvalue weighted by molar-refractivity contribution is -0.137. The topological polar surface area (TPSA) is 79.3 Å². The van der Waals surface area contributed by atoms with E-state index >= 15 is 0 Å². The monoisotopic (exact) mass is 372 g/mol. The summed E-state index contributed by atoms with van der Waals surface area (Å²) in [6, 6.07) is 9.61. The van der Waals surface area contributed by atoms with Crippen molar-refractivity contribution < 1.29 is 14.7 Å². The molecule has 5 nitrogen and oxygen atoms in total. The summed E-state index contributed by atoms with van der Waals surface area (Å²) >= 11 is 1.47. The Morgan fingerprint density at radius 2 is 2.04 bits per heavy atom. The van der Waals surface area contributed by atoms with Gasteiger partial charge in [0.05, 0.1) is 10.7 Å². The maximum Gasteiger partial charge on any atom is 0.303 e. The second kappa shape index (κ2) is 8.45. The van der Waals surface area contributed by atoms with E-state index in [2.05, 4.69) is 10.3 Å². The number of amides is 1. The van der Waals surface area contributed by atoms with Crippen LogP contribution in [0.3, 0.4) is 0 Å². The molecule has 3 rings (SSSR count). The highest BCUT2D eigenvalue weighted by molar-refractivity contribution is 7.13. The molecule has 1 amide bonds. The van der Waals surface area contributed by atoms with Crippen LogP contribution in [0.15, 0.2) is 30.3 Å². The predicted octanol–water partition coefficient (Wildman–Crippen LogP) is 3.61. The highest BCUT2D eigenvalue weighted by Gasteiger charge is 2.25. The lowest BCUT2D eigenvalue weighted by Gasteiger charge is -2.18. The number of aromatic nitrogens is 1. The summed E-state index contributed by atoms with van der Waals surface area (Å²) in [6.45, 7) is 1.87. The van der Waals surface area contributed by atoms with Crippen molar-refractivity contribution in [3.05, 3.63) is 51.5 Å². The van der Waals surface area contributed by atoms with Crippen LogP contribution in [-0.2, 0) is 17.6 Å². The van der Waals surface area contributed by atoms with Gasteiger partial charge in [-0.1, -0.05) is 30.3 Å². The summed E-state index contributed by atoms with van der Waals surface area (Å²) in [5, 5.41) is 13.1. The third kappa shape index (κ3) is 5.39. The van der Waals surface area contributed by atoms with E-state index in [4.69, 9.17) is 5.11 Å². The molecule has 138 valence electrons. The van der Waals surface area contributed by atoms with E-state index in [1.807, 2.05) is 37.3 Å². The molecule has 26 heavy (non-hydrogen) atoms. The largest absolute Gasteiger partial charge is 0.481 e. The van der Waals surface area contributed by atoms with Crippen LogP contribution in [0.2, 0.25) is 0 Å². The molecule has 0 aliphatic heterocycles. The zero-order chi connectivity index (χ0) is 18.5. The number of hydrogen-bond acceptors (Lipinski definition) is 4. The van der Waals surface area contributed by atoms with Gasteiger partial charge in [-0.3, -0.25) is 9.59 Å². The Balaban J connectivity index is 1.67. The molecule has 1 fully saturated rings. The Hall–Kier alpha value is -2.21. The minimum absolute atomic E-state index is 0.0341. The van der Waals surface area contributed by atoms with E-state index in [0.29, 0.717) is 17.7 Å². The average Bonchev–Trinajstić information content (AvgIpc) is 3.34. The quantitative estimate of drug-likeness (QED) is 0.705. The highest BCUT2D eigenvalue weighted by atomic mass is 32.1. The minimum atomic E-state index is -0.849. The predicted molar refractivity (Wildman–Crippen MR) is 102 cm³/mol. The number of carboxylic acids is 1. The van der Waals surface area contributed by atoms with Gasteiger partial charge in [0.1, 0.15) is 4.88 Å². The number of thiazole rings is 1. The first-order valence-electron chi connectivity index (χ1n) is 9.04. The number of nitrogens with zero attached hydrogens (tertiary/aromatic N) is 1. The van der Waals surface area contributed by atoms with Gasteiger partial charge in [-0.25, -0.2) is 4.98 Å². The molecule has 1 aromatic heterocycles. The molecular formula is C20H24N2O3S. The standard InChI is InChI=1S/C20H24N2O3S/c1-13-19(26-17(21-13)12-15-7-8-15)20(25)22-16(9-10-18(23)24)11-14-5-3-2-4-6-14/h2-6,15-16H,7-12H2,1H3,(H,22,25)(H,23,24). The fraction of sp³-hybridized carbons (Fsp3) is 0.450. The molecular weight excluding hydrogens is 348 g/mol. The fourth-order valence-corrected chi connectivity index (χ4v) is 4.07. The third-order valence-corrected chi connectivity index (χ3v) is 5.75. The number of nitrogens with one attached hydrogen (secondary N) is 1. The van der Waals surface area contributed by atoms with Crippen molar-refractivity contribution in [1.29, 1.82) is 0 Å². The van der Waals surface area contributed by atoms with Crippen molar-refractivity contribution in [3.8, 4) is 0 Å². The number of benzene rings is 1. The van der Waals surface area contributed by atoms with E-state index < -0.39 is 5.97 Å². The van der Waals surface area contributed by atoms with E-state index in [9.17, 15) is 9.59 Å². The van der Waals surface area contributed by atoms with Gasteiger partial charge in [0.15, 0.2) is 0 Å². The summed E-state index contributed by atoms with van der Waals surface area (Å²) in [5.41, 5.74) is 1.85. The van der Waals surface area contributed by atoms with E-state index in [1.165, 1.54) is 24.2 Å². The maximum absolute atomic E-state index is 12.7. The number of carboxylic acid groups (broad SMARTS) is 1. The summed E-state index contributed by atoms with van der Waals surface area (Å²) in [6.07, 6.45) is 4.54. The van der Waals surface area contributed by atoms with Crippen LogP contribution in [0.1, 0.15) is 51.6 Å². The zero-order valence-corrected chi connectivity index (χ0v) is 15.7. The third-order valence-electron chi connectivity index (χ3n) is 4.57. The molecule has 1 atom stereocenters. The van der Waals surface area contributed by atoms with Crippen LogP contribution in [0, 0.1) is 12.8 Å². The molecule has 6 heteroatoms. The Labute approximate surface area is 157 Å². The van der Waals surface area contributed by atoms with Gasteiger partial charge in [0.2, 0.25) is 0 Å². The van der Waals surface area contributed by atoms with Gasteiger partial charge in [0, 0.05) is 18.9 Å². The van der Waals surface area contributed by atoms with Gasteiger partial charge in [0.25, 0.3) is 5.91 Å². The first kappa shape index (κ1) is 18.6. The number of rotatable bonds is 9. The van der Waals surface area contributed by atoms with Gasteiger partial charge >= 0.3 is 5.97 Å². The minimum Gasteiger partial charge on any atom is -0.481 e. The maximum atomic E-state index is 12.7. The van der Waals surface area contributed by atoms with Crippen LogP contribution in [0.5, 0.6) is 0 Å². The molecule has 2 aromatic rings. The Morgan fingerprint density at radius 3 is 2.69 bits per heavy atom. The summed E-state index contributed by atoms with van der Waals surface area (Å²) in [7, 11) is 0. The molecule has 1 aromatic carbocycles. The van der Waals surface area contributed by atoms with Crippen LogP contribution < -0.4 is 5.32 Å². The lowest BCUT2D eigenvalue weighted by atomic mass is 10.0. The van der Waals surface area contributed by atoms with E-state index in [0.717, 1.165) is 28.6 Å². The molecule has 2 N–H and O–H groups in total. The molecule has 1 aliphatic rings. The highest BCUT2D eigenvalue weighted by Crippen LogP contribution is 2.34. The lowest BCUT2D eigenvalue weighted by Crippen LogP contribution is -2.36. The Bertz CT molecular complexity index is 769. The second-order valence-electron chi connectivity index (χ2n) is 6.96. The van der Waals surface area contributed by atoms with Crippen molar-refractivity contribution >= 4 is 23.2 Å². The number of aryl methyl sites for hydroxylation is 1. The van der Waals surface area contributed by atoms with Crippen molar-refractivity contribution in [2.45, 2.75) is 51.5 Å². The fourth-order valence-electron chi connectivity index (χ4n) is 2.99. The van der Waals surface area contributed by atoms with Gasteiger partial charge < -0.3 is 10.4 Å². The van der Waals surface area contributed by atoms with Gasteiger partial charge in [-0.2, -0.15) is 0 Å². The van der Waals surface area contributed by atoms with Crippen molar-refractivity contribution in [2.75, 3.05) is 0 Å². The number of carbonyl (C=O) groups is 2. The smallest absolute Gasteiger partial charge is 0.303 e. The average molecular weight is 372 g/mol. The molecule has 1 aliphatic carbocycles. The first-order chi connectivity index (χ1) is 12.5. The van der Waals surface area contributed by atoms with Crippen LogP contribution in [0.4, 0.5) is 0 Å². The molecule has 1 saturated carbocycles.